The zero-order valence-electron chi connectivity index (χ0n) is 15.8. The summed E-state index contributed by atoms with van der Waals surface area (Å²) in [6.45, 7) is 8.35. The number of carbonyl (C=O) groups is 1. The molecule has 0 heterocycles. The van der Waals surface area contributed by atoms with Crippen LogP contribution in [0.1, 0.15) is 50.7 Å². The number of rotatable bonds is 8. The van der Waals surface area contributed by atoms with Gasteiger partial charge in [0.2, 0.25) is 5.91 Å². The van der Waals surface area contributed by atoms with Gasteiger partial charge in [0.25, 0.3) is 0 Å². The molecule has 1 aromatic carbocycles. The van der Waals surface area contributed by atoms with E-state index in [1.54, 1.807) is 0 Å². The summed E-state index contributed by atoms with van der Waals surface area (Å²) in [5, 5.41) is 3.09. The average Bonchev–Trinajstić information content (AvgIpc) is 2.57. The molecule has 140 valence electrons. The molecule has 0 aliphatic heterocycles. The molecule has 0 aromatic heterocycles. The Morgan fingerprint density at radius 1 is 1.32 bits per heavy atom. The maximum Gasteiger partial charge on any atom is 0.229 e. The number of carbonyl (C=O) groups excluding carboxylic acids is 1. The fourth-order valence-electron chi connectivity index (χ4n) is 3.43. The van der Waals surface area contributed by atoms with E-state index in [4.69, 9.17) is 15.2 Å². The molecule has 0 radical (unpaired) electrons. The number of anilines is 1. The Bertz CT molecular complexity index is 572. The van der Waals surface area contributed by atoms with Crippen LogP contribution in [0.15, 0.2) is 18.2 Å². The quantitative estimate of drug-likeness (QED) is 0.706. The highest BCUT2D eigenvalue weighted by atomic mass is 16.5. The molecule has 2 atom stereocenters. The number of hydrogen-bond acceptors (Lipinski definition) is 4. The van der Waals surface area contributed by atoms with Crippen LogP contribution >= 0.6 is 0 Å². The maximum absolute atomic E-state index is 12.7. The molecule has 1 saturated carbocycles. The molecule has 5 nitrogen and oxygen atoms in total. The van der Waals surface area contributed by atoms with Crippen molar-refractivity contribution in [3.05, 3.63) is 29.3 Å². The van der Waals surface area contributed by atoms with Crippen LogP contribution in [-0.4, -0.2) is 31.3 Å². The lowest BCUT2D eigenvalue weighted by molar-refractivity contribution is -0.122. The van der Waals surface area contributed by atoms with E-state index in [1.165, 1.54) is 0 Å². The second-order valence-corrected chi connectivity index (χ2v) is 7.13. The van der Waals surface area contributed by atoms with Crippen molar-refractivity contribution in [2.24, 2.45) is 11.7 Å². The van der Waals surface area contributed by atoms with Crippen LogP contribution in [0.3, 0.4) is 0 Å². The van der Waals surface area contributed by atoms with Crippen molar-refractivity contribution in [3.63, 3.8) is 0 Å². The van der Waals surface area contributed by atoms with Crippen molar-refractivity contribution in [2.75, 3.05) is 25.1 Å². The molecule has 1 amide bonds. The van der Waals surface area contributed by atoms with Gasteiger partial charge in [0.05, 0.1) is 25.7 Å². The number of ether oxygens (including phenoxy) is 2. The summed E-state index contributed by atoms with van der Waals surface area (Å²) in [5.74, 6) is -0.103. The smallest absolute Gasteiger partial charge is 0.229 e. The van der Waals surface area contributed by atoms with Crippen molar-refractivity contribution >= 4 is 11.6 Å². The highest BCUT2D eigenvalue weighted by molar-refractivity contribution is 5.94. The molecule has 0 spiro atoms. The molecule has 2 rings (SSSR count). The van der Waals surface area contributed by atoms with Crippen LogP contribution in [0.2, 0.25) is 0 Å². The van der Waals surface area contributed by atoms with Crippen molar-refractivity contribution < 1.29 is 14.3 Å². The second kappa shape index (κ2) is 9.32. The predicted octanol–water partition coefficient (Wildman–Crippen LogP) is 3.39. The molecule has 1 aromatic rings. The second-order valence-electron chi connectivity index (χ2n) is 7.13. The minimum absolute atomic E-state index is 0.0298. The molecule has 2 unspecified atom stereocenters. The van der Waals surface area contributed by atoms with Crippen LogP contribution in [0.4, 0.5) is 5.69 Å². The Hall–Kier alpha value is -1.43. The molecule has 0 bridgehead atoms. The van der Waals surface area contributed by atoms with E-state index in [0.717, 1.165) is 42.5 Å². The van der Waals surface area contributed by atoms with E-state index in [2.05, 4.69) is 5.32 Å². The van der Waals surface area contributed by atoms with Crippen molar-refractivity contribution in [2.45, 2.75) is 58.6 Å². The molecule has 3 N–H and O–H groups in total. The van der Waals surface area contributed by atoms with Gasteiger partial charge in [-0.05, 0) is 50.8 Å². The Kier molecular flexibility index (Phi) is 7.41. The van der Waals surface area contributed by atoms with Crippen molar-refractivity contribution in [1.29, 1.82) is 0 Å². The highest BCUT2D eigenvalue weighted by Gasteiger charge is 2.37. The first kappa shape index (κ1) is 19.9. The molecule has 0 saturated heterocycles. The Labute approximate surface area is 151 Å². The maximum atomic E-state index is 12.7. The van der Waals surface area contributed by atoms with Gasteiger partial charge in [0.15, 0.2) is 0 Å². The van der Waals surface area contributed by atoms with Crippen LogP contribution in [0.5, 0.6) is 0 Å². The third-order valence-corrected chi connectivity index (χ3v) is 5.11. The third-order valence-electron chi connectivity index (χ3n) is 5.11. The summed E-state index contributed by atoms with van der Waals surface area (Å²) in [6, 6.07) is 5.92. The van der Waals surface area contributed by atoms with E-state index in [-0.39, 0.29) is 11.8 Å². The van der Waals surface area contributed by atoms with Crippen LogP contribution in [0, 0.1) is 12.8 Å². The van der Waals surface area contributed by atoms with E-state index in [9.17, 15) is 4.79 Å². The van der Waals surface area contributed by atoms with E-state index in [0.29, 0.717) is 26.4 Å². The van der Waals surface area contributed by atoms with Gasteiger partial charge in [-0.1, -0.05) is 25.0 Å². The monoisotopic (exact) mass is 348 g/mol. The summed E-state index contributed by atoms with van der Waals surface area (Å²) >= 11 is 0. The molecule has 1 aliphatic carbocycles. The lowest BCUT2D eigenvalue weighted by Gasteiger charge is -2.37. The van der Waals surface area contributed by atoms with E-state index < -0.39 is 5.54 Å². The molecule has 25 heavy (non-hydrogen) atoms. The first-order valence-electron chi connectivity index (χ1n) is 9.29. The van der Waals surface area contributed by atoms with E-state index >= 15 is 0 Å². The molecule has 1 aliphatic rings. The number of amides is 1. The molecular formula is C20H32N2O3. The van der Waals surface area contributed by atoms with E-state index in [1.807, 2.05) is 39.0 Å². The Balaban J connectivity index is 1.97. The van der Waals surface area contributed by atoms with Crippen LogP contribution in [0.25, 0.3) is 0 Å². The normalized spacial score (nSPS) is 23.4. The minimum Gasteiger partial charge on any atom is -0.379 e. The van der Waals surface area contributed by atoms with Gasteiger partial charge in [-0.25, -0.2) is 0 Å². The summed E-state index contributed by atoms with van der Waals surface area (Å²) in [4.78, 5) is 12.7. The minimum atomic E-state index is -0.420. The summed E-state index contributed by atoms with van der Waals surface area (Å²) < 4.78 is 10.9. The molecule has 5 heteroatoms. The number of nitrogens with one attached hydrogen (secondary N) is 1. The topological polar surface area (TPSA) is 73.6 Å². The molecule has 1 fully saturated rings. The average molecular weight is 348 g/mol. The first-order chi connectivity index (χ1) is 12.0. The molecular weight excluding hydrogens is 316 g/mol. The fraction of sp³-hybridized carbons (Fsp3) is 0.650. The van der Waals surface area contributed by atoms with Gasteiger partial charge in [-0.15, -0.1) is 0 Å². The predicted molar refractivity (Wildman–Crippen MR) is 101 cm³/mol. The zero-order chi connectivity index (χ0) is 18.3. The van der Waals surface area contributed by atoms with Gasteiger partial charge < -0.3 is 20.5 Å². The largest absolute Gasteiger partial charge is 0.379 e. The lowest BCUT2D eigenvalue weighted by atomic mass is 9.74. The first-order valence-corrected chi connectivity index (χ1v) is 9.29. The fourth-order valence-corrected chi connectivity index (χ4v) is 3.43. The number of benzene rings is 1. The van der Waals surface area contributed by atoms with Gasteiger partial charge >= 0.3 is 0 Å². The van der Waals surface area contributed by atoms with Crippen molar-refractivity contribution in [1.82, 2.24) is 0 Å². The van der Waals surface area contributed by atoms with Gasteiger partial charge in [-0.3, -0.25) is 4.79 Å². The summed E-state index contributed by atoms with van der Waals surface area (Å²) in [6.07, 6.45) is 3.93. The summed E-state index contributed by atoms with van der Waals surface area (Å²) in [7, 11) is 0. The third kappa shape index (κ3) is 5.53. The van der Waals surface area contributed by atoms with Crippen molar-refractivity contribution in [3.8, 4) is 0 Å². The highest BCUT2D eigenvalue weighted by Crippen LogP contribution is 2.33. The number of hydrogen-bond donors (Lipinski definition) is 2. The SMILES string of the molecule is CCOCCOCc1cccc(NC(=O)C2CCCCC2(C)N)c1C. The standard InChI is InChI=1S/C20H32N2O3/c1-4-24-12-13-25-14-16-8-7-10-18(15(16)2)22-19(23)17-9-5-6-11-20(17,3)21/h7-8,10,17H,4-6,9,11-14,21H2,1-3H3,(H,22,23). The van der Waals surface area contributed by atoms with Gasteiger partial charge in [-0.2, -0.15) is 0 Å². The summed E-state index contributed by atoms with van der Waals surface area (Å²) in [5.41, 5.74) is 8.90. The van der Waals surface area contributed by atoms with Gasteiger partial charge in [0, 0.05) is 17.8 Å². The Morgan fingerprint density at radius 3 is 2.80 bits per heavy atom. The van der Waals surface area contributed by atoms with Crippen LogP contribution in [-0.2, 0) is 20.9 Å². The zero-order valence-corrected chi connectivity index (χ0v) is 15.8. The lowest BCUT2D eigenvalue weighted by Crippen LogP contribution is -2.51. The van der Waals surface area contributed by atoms with Crippen LogP contribution < -0.4 is 11.1 Å². The number of nitrogens with two attached hydrogens (primary N) is 1. The Morgan fingerprint density at radius 2 is 2.08 bits per heavy atom. The van der Waals surface area contributed by atoms with Gasteiger partial charge in [0.1, 0.15) is 0 Å².